The van der Waals surface area contributed by atoms with Gasteiger partial charge in [-0.1, -0.05) is 6.92 Å². The normalized spacial score (nSPS) is 21.6. The van der Waals surface area contributed by atoms with Crippen LogP contribution in [0, 0.1) is 6.92 Å². The standard InChI is InChI=1S/C10H17N3/c1-3-10-12-7(2)9-6-8(11)4-5-13(9)10/h8H,3-6,11H2,1-2H3. The topological polar surface area (TPSA) is 43.8 Å². The van der Waals surface area contributed by atoms with Crippen LogP contribution < -0.4 is 5.73 Å². The van der Waals surface area contributed by atoms with E-state index in [1.807, 2.05) is 0 Å². The highest BCUT2D eigenvalue weighted by Gasteiger charge is 2.20. The summed E-state index contributed by atoms with van der Waals surface area (Å²) >= 11 is 0. The van der Waals surface area contributed by atoms with E-state index >= 15 is 0 Å². The Morgan fingerprint density at radius 2 is 2.38 bits per heavy atom. The minimum atomic E-state index is 0.340. The van der Waals surface area contributed by atoms with Crippen molar-refractivity contribution in [2.24, 2.45) is 5.73 Å². The molecule has 2 N–H and O–H groups in total. The summed E-state index contributed by atoms with van der Waals surface area (Å²) in [4.78, 5) is 4.55. The molecule has 0 saturated heterocycles. The number of rotatable bonds is 1. The van der Waals surface area contributed by atoms with Crippen molar-refractivity contribution in [2.45, 2.75) is 45.7 Å². The zero-order valence-corrected chi connectivity index (χ0v) is 8.38. The average molecular weight is 179 g/mol. The van der Waals surface area contributed by atoms with Gasteiger partial charge in [0, 0.05) is 31.1 Å². The zero-order valence-electron chi connectivity index (χ0n) is 8.38. The van der Waals surface area contributed by atoms with Crippen LogP contribution in [0.25, 0.3) is 0 Å². The number of nitrogens with zero attached hydrogens (tertiary/aromatic N) is 2. The number of nitrogens with two attached hydrogens (primary N) is 1. The molecule has 13 heavy (non-hydrogen) atoms. The smallest absolute Gasteiger partial charge is 0.108 e. The fraction of sp³-hybridized carbons (Fsp3) is 0.700. The Bertz CT molecular complexity index is 314. The summed E-state index contributed by atoms with van der Waals surface area (Å²) in [6.45, 7) is 5.30. The average Bonchev–Trinajstić information content (AvgIpc) is 2.43. The van der Waals surface area contributed by atoms with Gasteiger partial charge < -0.3 is 10.3 Å². The molecule has 1 aliphatic heterocycles. The van der Waals surface area contributed by atoms with Crippen LogP contribution in [0.2, 0.25) is 0 Å². The van der Waals surface area contributed by atoms with Gasteiger partial charge in [-0.05, 0) is 13.3 Å². The molecule has 2 rings (SSSR count). The van der Waals surface area contributed by atoms with Gasteiger partial charge in [0.2, 0.25) is 0 Å². The van der Waals surface area contributed by atoms with Gasteiger partial charge in [0.15, 0.2) is 0 Å². The number of fused-ring (bicyclic) bond motifs is 1. The molecule has 72 valence electrons. The van der Waals surface area contributed by atoms with Crippen molar-refractivity contribution in [2.75, 3.05) is 0 Å². The molecule has 0 spiro atoms. The molecule has 0 aromatic carbocycles. The van der Waals surface area contributed by atoms with Gasteiger partial charge in [0.1, 0.15) is 5.82 Å². The van der Waals surface area contributed by atoms with Crippen molar-refractivity contribution in [3.63, 3.8) is 0 Å². The van der Waals surface area contributed by atoms with E-state index in [1.165, 1.54) is 17.2 Å². The van der Waals surface area contributed by atoms with E-state index in [9.17, 15) is 0 Å². The molecule has 0 saturated carbocycles. The Hall–Kier alpha value is -0.830. The van der Waals surface area contributed by atoms with Crippen LogP contribution in [-0.2, 0) is 19.4 Å². The summed E-state index contributed by atoms with van der Waals surface area (Å²) in [5.74, 6) is 1.22. The molecule has 0 bridgehead atoms. The number of hydrogen-bond donors (Lipinski definition) is 1. The van der Waals surface area contributed by atoms with Gasteiger partial charge in [-0.2, -0.15) is 0 Å². The summed E-state index contributed by atoms with van der Waals surface area (Å²) in [6, 6.07) is 0.340. The van der Waals surface area contributed by atoms with E-state index < -0.39 is 0 Å². The summed E-state index contributed by atoms with van der Waals surface area (Å²) in [5, 5.41) is 0. The van der Waals surface area contributed by atoms with E-state index in [-0.39, 0.29) is 0 Å². The van der Waals surface area contributed by atoms with Gasteiger partial charge >= 0.3 is 0 Å². The van der Waals surface area contributed by atoms with Gasteiger partial charge in [-0.3, -0.25) is 0 Å². The SMILES string of the molecule is CCc1nc(C)c2n1CCC(N)C2. The molecule has 1 aromatic rings. The first-order valence-electron chi connectivity index (χ1n) is 5.02. The number of aryl methyl sites for hydroxylation is 2. The predicted octanol–water partition coefficient (Wildman–Crippen LogP) is 1.03. The van der Waals surface area contributed by atoms with Crippen molar-refractivity contribution >= 4 is 0 Å². The summed E-state index contributed by atoms with van der Waals surface area (Å²) < 4.78 is 2.35. The zero-order chi connectivity index (χ0) is 9.42. The Labute approximate surface area is 79.0 Å². The first-order valence-corrected chi connectivity index (χ1v) is 5.02. The Morgan fingerprint density at radius 1 is 1.62 bits per heavy atom. The van der Waals surface area contributed by atoms with Crippen LogP contribution in [0.15, 0.2) is 0 Å². The van der Waals surface area contributed by atoms with E-state index in [4.69, 9.17) is 5.73 Å². The lowest BCUT2D eigenvalue weighted by atomic mass is 10.0. The maximum atomic E-state index is 5.93. The maximum Gasteiger partial charge on any atom is 0.108 e. The van der Waals surface area contributed by atoms with Crippen LogP contribution in [0.1, 0.15) is 30.6 Å². The number of imidazole rings is 1. The first-order chi connectivity index (χ1) is 6.22. The molecule has 1 aliphatic rings. The van der Waals surface area contributed by atoms with Crippen molar-refractivity contribution in [3.05, 3.63) is 17.2 Å². The van der Waals surface area contributed by atoms with Crippen LogP contribution >= 0.6 is 0 Å². The molecule has 0 radical (unpaired) electrons. The fourth-order valence-corrected chi connectivity index (χ4v) is 2.11. The highest BCUT2D eigenvalue weighted by Crippen LogP contribution is 2.19. The minimum absolute atomic E-state index is 0.340. The monoisotopic (exact) mass is 179 g/mol. The van der Waals surface area contributed by atoms with Crippen molar-refractivity contribution in [1.82, 2.24) is 9.55 Å². The lowest BCUT2D eigenvalue weighted by Gasteiger charge is -2.22. The van der Waals surface area contributed by atoms with Crippen molar-refractivity contribution in [1.29, 1.82) is 0 Å². The number of aromatic nitrogens is 2. The minimum Gasteiger partial charge on any atom is -0.332 e. The van der Waals surface area contributed by atoms with Gasteiger partial charge in [-0.25, -0.2) is 4.98 Å². The molecule has 0 fully saturated rings. The molecule has 3 heteroatoms. The predicted molar refractivity (Wildman–Crippen MR) is 52.6 cm³/mol. The Kier molecular flexibility index (Phi) is 2.12. The molecule has 1 aromatic heterocycles. The third kappa shape index (κ3) is 1.37. The Balaban J connectivity index is 2.42. The molecule has 0 aliphatic carbocycles. The highest BCUT2D eigenvalue weighted by molar-refractivity contribution is 5.19. The summed E-state index contributed by atoms with van der Waals surface area (Å²) in [7, 11) is 0. The van der Waals surface area contributed by atoms with E-state index in [1.54, 1.807) is 0 Å². The first kappa shape index (κ1) is 8.75. The molecular weight excluding hydrogens is 162 g/mol. The molecule has 1 unspecified atom stereocenters. The van der Waals surface area contributed by atoms with Crippen molar-refractivity contribution < 1.29 is 0 Å². The van der Waals surface area contributed by atoms with Crippen molar-refractivity contribution in [3.8, 4) is 0 Å². The largest absolute Gasteiger partial charge is 0.332 e. The Morgan fingerprint density at radius 3 is 3.08 bits per heavy atom. The van der Waals surface area contributed by atoms with E-state index in [0.29, 0.717) is 6.04 Å². The summed E-state index contributed by atoms with van der Waals surface area (Å²) in [5.41, 5.74) is 8.46. The van der Waals surface area contributed by atoms with Gasteiger partial charge in [-0.15, -0.1) is 0 Å². The summed E-state index contributed by atoms with van der Waals surface area (Å²) in [6.07, 6.45) is 3.12. The molecule has 2 heterocycles. The van der Waals surface area contributed by atoms with Crippen LogP contribution in [0.3, 0.4) is 0 Å². The lowest BCUT2D eigenvalue weighted by molar-refractivity contribution is 0.460. The number of hydrogen-bond acceptors (Lipinski definition) is 2. The fourth-order valence-electron chi connectivity index (χ4n) is 2.11. The third-order valence-corrected chi connectivity index (χ3v) is 2.85. The maximum absolute atomic E-state index is 5.93. The second-order valence-electron chi connectivity index (χ2n) is 3.82. The van der Waals surface area contributed by atoms with Crippen LogP contribution in [0.4, 0.5) is 0 Å². The molecular formula is C10H17N3. The van der Waals surface area contributed by atoms with Gasteiger partial charge in [0.25, 0.3) is 0 Å². The van der Waals surface area contributed by atoms with Gasteiger partial charge in [0.05, 0.1) is 5.69 Å². The second-order valence-corrected chi connectivity index (χ2v) is 3.82. The highest BCUT2D eigenvalue weighted by atomic mass is 15.1. The lowest BCUT2D eigenvalue weighted by Crippen LogP contribution is -2.31. The van der Waals surface area contributed by atoms with Crippen LogP contribution in [0.5, 0.6) is 0 Å². The molecule has 3 nitrogen and oxygen atoms in total. The quantitative estimate of drug-likeness (QED) is 0.699. The van der Waals surface area contributed by atoms with Crippen LogP contribution in [-0.4, -0.2) is 15.6 Å². The second kappa shape index (κ2) is 3.14. The molecule has 1 atom stereocenters. The molecule has 0 amide bonds. The third-order valence-electron chi connectivity index (χ3n) is 2.85. The van der Waals surface area contributed by atoms with E-state index in [0.717, 1.165) is 25.8 Å². The van der Waals surface area contributed by atoms with E-state index in [2.05, 4.69) is 23.4 Å².